The Kier molecular flexibility index (Phi) is 3.47. The Bertz CT molecular complexity index is 1240. The van der Waals surface area contributed by atoms with Crippen LogP contribution >= 0.6 is 0 Å². The highest BCUT2D eigenvalue weighted by atomic mass is 16.4. The molecule has 1 spiro atoms. The van der Waals surface area contributed by atoms with Gasteiger partial charge in [0.15, 0.2) is 0 Å². The summed E-state index contributed by atoms with van der Waals surface area (Å²) in [6.07, 6.45) is 3.27. The highest BCUT2D eigenvalue weighted by molar-refractivity contribution is 5.99. The predicted octanol–water partition coefficient (Wildman–Crippen LogP) is 3.79. The molecule has 0 radical (unpaired) electrons. The number of amides is 1. The van der Waals surface area contributed by atoms with Crippen LogP contribution in [0, 0.1) is 11.3 Å². The van der Waals surface area contributed by atoms with Gasteiger partial charge in [0.1, 0.15) is 5.69 Å². The number of carbonyl (C=O) groups is 2. The zero-order valence-corrected chi connectivity index (χ0v) is 15.7. The van der Waals surface area contributed by atoms with E-state index in [9.17, 15) is 20.0 Å². The van der Waals surface area contributed by atoms with Crippen molar-refractivity contribution in [3.63, 3.8) is 0 Å². The van der Waals surface area contributed by atoms with Crippen LogP contribution in [-0.4, -0.2) is 33.5 Å². The van der Waals surface area contributed by atoms with Crippen molar-refractivity contribution in [1.29, 1.82) is 5.26 Å². The van der Waals surface area contributed by atoms with E-state index < -0.39 is 5.97 Å². The van der Waals surface area contributed by atoms with Crippen molar-refractivity contribution >= 4 is 11.9 Å². The number of hydrogen-bond acceptors (Lipinski definition) is 3. The summed E-state index contributed by atoms with van der Waals surface area (Å²) in [6.45, 7) is 0. The molecule has 1 aliphatic heterocycles. The molecule has 0 atom stereocenters. The number of benzene rings is 2. The number of hydrogen-bond donors (Lipinski definition) is 1. The van der Waals surface area contributed by atoms with Gasteiger partial charge in [-0.2, -0.15) is 5.26 Å². The molecule has 29 heavy (non-hydrogen) atoms. The van der Waals surface area contributed by atoms with Crippen LogP contribution in [0.15, 0.2) is 54.7 Å². The molecule has 1 aliphatic carbocycles. The molecule has 0 bridgehead atoms. The van der Waals surface area contributed by atoms with Gasteiger partial charge in [0.05, 0.1) is 28.4 Å². The normalized spacial score (nSPS) is 16.0. The average Bonchev–Trinajstić information content (AvgIpc) is 3.43. The van der Waals surface area contributed by atoms with Gasteiger partial charge in [0, 0.05) is 18.8 Å². The van der Waals surface area contributed by atoms with Crippen LogP contribution in [-0.2, 0) is 5.54 Å². The van der Waals surface area contributed by atoms with Crippen molar-refractivity contribution in [2.45, 2.75) is 18.4 Å². The first-order chi connectivity index (χ1) is 13.9. The van der Waals surface area contributed by atoms with Crippen molar-refractivity contribution in [2.75, 3.05) is 7.05 Å². The van der Waals surface area contributed by atoms with E-state index >= 15 is 0 Å². The van der Waals surface area contributed by atoms with E-state index in [4.69, 9.17) is 0 Å². The van der Waals surface area contributed by atoms with Crippen LogP contribution in [0.3, 0.4) is 0 Å². The van der Waals surface area contributed by atoms with Gasteiger partial charge in [0.25, 0.3) is 5.91 Å². The van der Waals surface area contributed by atoms with Crippen LogP contribution in [0.5, 0.6) is 0 Å². The van der Waals surface area contributed by atoms with E-state index in [2.05, 4.69) is 6.07 Å². The summed E-state index contributed by atoms with van der Waals surface area (Å²) < 4.78 is 1.70. The summed E-state index contributed by atoms with van der Waals surface area (Å²) in [6, 6.07) is 16.9. The Balaban J connectivity index is 1.77. The summed E-state index contributed by atoms with van der Waals surface area (Å²) in [5.74, 6) is -1.25. The topological polar surface area (TPSA) is 86.3 Å². The average molecular weight is 383 g/mol. The van der Waals surface area contributed by atoms with Gasteiger partial charge in [-0.3, -0.25) is 4.79 Å². The van der Waals surface area contributed by atoms with Gasteiger partial charge in [-0.25, -0.2) is 4.79 Å². The fraction of sp³-hybridized carbons (Fsp3) is 0.174. The van der Waals surface area contributed by atoms with Crippen molar-refractivity contribution in [3.8, 4) is 22.9 Å². The van der Waals surface area contributed by atoms with Gasteiger partial charge in [-0.15, -0.1) is 0 Å². The summed E-state index contributed by atoms with van der Waals surface area (Å²) in [5, 5.41) is 18.6. The van der Waals surface area contributed by atoms with Crippen molar-refractivity contribution in [2.24, 2.45) is 0 Å². The Morgan fingerprint density at radius 2 is 1.90 bits per heavy atom. The molecule has 1 amide bonds. The first-order valence-electron chi connectivity index (χ1n) is 9.34. The molecule has 1 fully saturated rings. The van der Waals surface area contributed by atoms with Gasteiger partial charge >= 0.3 is 5.97 Å². The standard InChI is InChI=1S/C23H17N3O3/c1-25-21(27)20-11-17(22(28)29)13-26(20)19-10-16(5-6-18(19)23(25)7-8-23)15-4-2-3-14(9-15)12-24/h2-6,9-11,13H,7-8H2,1H3,(H,28,29). The molecule has 3 aromatic rings. The lowest BCUT2D eigenvalue weighted by molar-refractivity contribution is 0.0695. The molecule has 1 saturated carbocycles. The first kappa shape index (κ1) is 17.3. The van der Waals surface area contributed by atoms with E-state index in [0.717, 1.165) is 35.2 Å². The second-order valence-electron chi connectivity index (χ2n) is 7.61. The molecule has 6 heteroatoms. The number of nitriles is 1. The molecule has 0 unspecified atom stereocenters. The Morgan fingerprint density at radius 1 is 1.14 bits per heavy atom. The quantitative estimate of drug-likeness (QED) is 0.729. The molecule has 2 aromatic carbocycles. The van der Waals surface area contributed by atoms with Gasteiger partial charge in [-0.05, 0) is 48.2 Å². The Morgan fingerprint density at radius 3 is 2.59 bits per heavy atom. The van der Waals surface area contributed by atoms with E-state index in [1.54, 1.807) is 22.6 Å². The molecule has 1 aromatic heterocycles. The van der Waals surface area contributed by atoms with Crippen LogP contribution < -0.4 is 0 Å². The third kappa shape index (κ3) is 2.41. The minimum atomic E-state index is -1.07. The number of carbonyl (C=O) groups excluding carboxylic acids is 1. The summed E-state index contributed by atoms with van der Waals surface area (Å²) >= 11 is 0. The highest BCUT2D eigenvalue weighted by Gasteiger charge is 2.53. The van der Waals surface area contributed by atoms with Crippen LogP contribution in [0.1, 0.15) is 44.8 Å². The lowest BCUT2D eigenvalue weighted by Gasteiger charge is -2.27. The molecule has 1 N–H and O–H groups in total. The van der Waals surface area contributed by atoms with Crippen molar-refractivity contribution in [3.05, 3.63) is 77.1 Å². The number of aromatic nitrogens is 1. The minimum absolute atomic E-state index is 0.0799. The molecule has 2 aliphatic rings. The van der Waals surface area contributed by atoms with E-state index in [0.29, 0.717) is 11.3 Å². The van der Waals surface area contributed by atoms with Crippen molar-refractivity contribution in [1.82, 2.24) is 9.47 Å². The van der Waals surface area contributed by atoms with Crippen molar-refractivity contribution < 1.29 is 14.7 Å². The number of fused-ring (bicyclic) bond motifs is 4. The van der Waals surface area contributed by atoms with E-state index in [1.165, 1.54) is 12.3 Å². The third-order valence-electron chi connectivity index (χ3n) is 6.04. The number of carboxylic acids is 1. The van der Waals surface area contributed by atoms with E-state index in [-0.39, 0.29) is 17.0 Å². The molecule has 2 heterocycles. The second-order valence-corrected chi connectivity index (χ2v) is 7.61. The maximum atomic E-state index is 13.1. The molecule has 5 rings (SSSR count). The zero-order chi connectivity index (χ0) is 20.3. The summed E-state index contributed by atoms with van der Waals surface area (Å²) in [5.41, 5.74) is 4.28. The molecule has 142 valence electrons. The number of carboxylic acid groups (broad SMARTS) is 1. The number of nitrogens with zero attached hydrogens (tertiary/aromatic N) is 3. The summed E-state index contributed by atoms with van der Waals surface area (Å²) in [7, 11) is 1.78. The van der Waals surface area contributed by atoms with Crippen LogP contribution in [0.4, 0.5) is 0 Å². The van der Waals surface area contributed by atoms with Gasteiger partial charge < -0.3 is 14.6 Å². The second kappa shape index (κ2) is 5.82. The SMILES string of the molecule is CN1C(=O)c2cc(C(=O)O)cn2-c2cc(-c3cccc(C#N)c3)ccc2C12CC2. The molecule has 0 saturated heterocycles. The zero-order valence-electron chi connectivity index (χ0n) is 15.7. The molecule has 6 nitrogen and oxygen atoms in total. The Hall–Kier alpha value is -3.85. The maximum absolute atomic E-state index is 13.1. The van der Waals surface area contributed by atoms with Gasteiger partial charge in [-0.1, -0.05) is 24.3 Å². The fourth-order valence-corrected chi connectivity index (χ4v) is 4.29. The molecular formula is C23H17N3O3. The number of aromatic carboxylic acids is 1. The van der Waals surface area contributed by atoms with Crippen LogP contribution in [0.2, 0.25) is 0 Å². The lowest BCUT2D eigenvalue weighted by Crippen LogP contribution is -2.36. The molecular weight excluding hydrogens is 366 g/mol. The predicted molar refractivity (Wildman–Crippen MR) is 106 cm³/mol. The smallest absolute Gasteiger partial charge is 0.337 e. The maximum Gasteiger partial charge on any atom is 0.337 e. The minimum Gasteiger partial charge on any atom is -0.478 e. The van der Waals surface area contributed by atoms with Gasteiger partial charge in [0.2, 0.25) is 0 Å². The summed E-state index contributed by atoms with van der Waals surface area (Å²) in [4.78, 5) is 26.4. The third-order valence-corrected chi connectivity index (χ3v) is 6.04. The van der Waals surface area contributed by atoms with Crippen LogP contribution in [0.25, 0.3) is 16.8 Å². The lowest BCUT2D eigenvalue weighted by atomic mass is 9.96. The van der Waals surface area contributed by atoms with E-state index in [1.807, 2.05) is 36.4 Å². The first-order valence-corrected chi connectivity index (χ1v) is 9.34. The Labute approximate surface area is 167 Å². The fourth-order valence-electron chi connectivity index (χ4n) is 4.29. The monoisotopic (exact) mass is 383 g/mol. The largest absolute Gasteiger partial charge is 0.478 e. The number of rotatable bonds is 2. The highest BCUT2D eigenvalue weighted by Crippen LogP contribution is 2.54.